The van der Waals surface area contributed by atoms with Crippen LogP contribution in [0.5, 0.6) is 0 Å². The van der Waals surface area contributed by atoms with Crippen LogP contribution >= 0.6 is 56.4 Å². The summed E-state index contributed by atoms with van der Waals surface area (Å²) in [4.78, 5) is 0. The topological polar surface area (TPSA) is 6.48 Å². The first-order chi connectivity index (χ1) is 7.97. The first kappa shape index (κ1) is 21.1. The van der Waals surface area contributed by atoms with Gasteiger partial charge in [-0.3, -0.25) is 3.64 Å². The maximum absolute atomic E-state index is 6.47. The molecule has 2 nitrogen and oxygen atoms in total. The third-order valence-electron chi connectivity index (χ3n) is 2.10. The number of hydrogen-bond donors (Lipinski definition) is 0. The predicted octanol–water partition coefficient (Wildman–Crippen LogP) is 5.88. The van der Waals surface area contributed by atoms with Crippen LogP contribution in [0.2, 0.25) is 32.7 Å². The molecule has 0 amide bonds. The second-order valence-corrected chi connectivity index (χ2v) is 28.1. The minimum absolute atomic E-state index is 0.152. The van der Waals surface area contributed by atoms with E-state index in [4.69, 9.17) is 44.3 Å². The lowest BCUT2D eigenvalue weighted by atomic mass is 10.1. The van der Waals surface area contributed by atoms with Crippen molar-refractivity contribution in [3.63, 3.8) is 0 Å². The average Bonchev–Trinajstić information content (AvgIpc) is 1.91. The molecule has 0 aromatic heterocycles. The van der Waals surface area contributed by atoms with Crippen LogP contribution in [-0.4, -0.2) is 35.1 Å². The lowest BCUT2D eigenvalue weighted by Crippen LogP contribution is -2.58. The van der Waals surface area contributed by atoms with Crippen molar-refractivity contribution in [2.75, 3.05) is 0 Å². The van der Waals surface area contributed by atoms with Crippen molar-refractivity contribution in [3.05, 3.63) is 0 Å². The highest BCUT2D eigenvalue weighted by molar-refractivity contribution is 8.00. The van der Waals surface area contributed by atoms with E-state index in [0.717, 1.165) is 0 Å². The van der Waals surface area contributed by atoms with Gasteiger partial charge >= 0.3 is 13.7 Å². The van der Waals surface area contributed by atoms with Gasteiger partial charge in [0.1, 0.15) is 8.24 Å². The second-order valence-electron chi connectivity index (χ2n) is 6.70. The highest BCUT2D eigenvalue weighted by atomic mass is 35.7. The summed E-state index contributed by atoms with van der Waals surface area (Å²) in [5.74, 6) is 0. The Morgan fingerprint density at radius 2 is 1.16 bits per heavy atom. The van der Waals surface area contributed by atoms with Crippen molar-refractivity contribution in [1.82, 2.24) is 7.61 Å². The van der Waals surface area contributed by atoms with Crippen molar-refractivity contribution < 1.29 is 0 Å². The predicted molar refractivity (Wildman–Crippen MR) is 101 cm³/mol. The Bertz CT molecular complexity index is 249. The highest BCUT2D eigenvalue weighted by Crippen LogP contribution is 2.42. The molecule has 0 saturated carbocycles. The Morgan fingerprint density at radius 3 is 1.32 bits per heavy atom. The lowest BCUT2D eigenvalue weighted by molar-refractivity contribution is 0.386. The van der Waals surface area contributed by atoms with Crippen LogP contribution in [0.25, 0.3) is 0 Å². The van der Waals surface area contributed by atoms with Gasteiger partial charge in [-0.15, -0.1) is 44.3 Å². The van der Waals surface area contributed by atoms with Gasteiger partial charge in [-0.05, 0) is 46.0 Å². The molecule has 10 heteroatoms. The van der Waals surface area contributed by atoms with Crippen LogP contribution in [0.3, 0.4) is 0 Å². The van der Waals surface area contributed by atoms with Gasteiger partial charge in [0.25, 0.3) is 0 Å². The lowest BCUT2D eigenvalue weighted by Gasteiger charge is -2.47. The molecule has 0 N–H and O–H groups in total. The van der Waals surface area contributed by atoms with Crippen molar-refractivity contribution in [3.8, 4) is 0 Å². The molecule has 0 unspecified atom stereocenters. The first-order valence-corrected chi connectivity index (χ1v) is 19.1. The van der Waals surface area contributed by atoms with Gasteiger partial charge in [-0.1, -0.05) is 19.6 Å². The average molecular weight is 418 g/mol. The van der Waals surface area contributed by atoms with Crippen LogP contribution in [-0.2, 0) is 0 Å². The van der Waals surface area contributed by atoms with E-state index in [1.807, 2.05) is 13.1 Å². The Balaban J connectivity index is 5.43. The van der Waals surface area contributed by atoms with Crippen LogP contribution in [0.15, 0.2) is 0 Å². The van der Waals surface area contributed by atoms with E-state index in [0.29, 0.717) is 0 Å². The Hall–Kier alpha value is 2.08. The van der Waals surface area contributed by atoms with E-state index in [1.165, 1.54) is 0 Å². The van der Waals surface area contributed by atoms with Crippen LogP contribution in [0, 0.1) is 0 Å². The van der Waals surface area contributed by atoms with Gasteiger partial charge in [0.05, 0.1) is 0 Å². The Labute approximate surface area is 144 Å². The molecule has 0 aliphatic heterocycles. The molecule has 0 aliphatic rings. The number of nitrogens with zero attached hydrogens (tertiary/aromatic N) is 2. The molecule has 0 aliphatic carbocycles. The van der Waals surface area contributed by atoms with Crippen LogP contribution in [0.1, 0.15) is 20.8 Å². The summed E-state index contributed by atoms with van der Waals surface area (Å²) in [5.41, 5.74) is -0.152. The van der Waals surface area contributed by atoms with Crippen molar-refractivity contribution >= 4 is 78.4 Å². The Kier molecular flexibility index (Phi) is 7.41. The summed E-state index contributed by atoms with van der Waals surface area (Å²) in [7, 11) is -1.69. The molecule has 0 rings (SSSR count). The van der Waals surface area contributed by atoms with Gasteiger partial charge in [-0.25, -0.2) is 3.97 Å². The summed E-state index contributed by atoms with van der Waals surface area (Å²) in [6.07, 6.45) is 0. The standard InChI is InChI=1S/C9H24Cl4N2SSi3/c1-9(2,3)14(18(7,10)11)16-15(17(4,5)6)19(8,12)13/h1-8H3. The van der Waals surface area contributed by atoms with Crippen molar-refractivity contribution in [1.29, 1.82) is 0 Å². The largest absolute Gasteiger partial charge is 0.332 e. The smallest absolute Gasteiger partial charge is 0.255 e. The second kappa shape index (κ2) is 6.68. The normalized spacial score (nSPS) is 15.5. The third kappa shape index (κ3) is 7.25. The Morgan fingerprint density at radius 1 is 0.789 bits per heavy atom. The fourth-order valence-corrected chi connectivity index (χ4v) is 18.5. The van der Waals surface area contributed by atoms with Crippen LogP contribution < -0.4 is 0 Å². The van der Waals surface area contributed by atoms with Gasteiger partial charge in [0.2, 0.25) is 0 Å². The molecule has 0 spiro atoms. The minimum atomic E-state index is -2.52. The maximum atomic E-state index is 6.47. The van der Waals surface area contributed by atoms with Gasteiger partial charge in [0.15, 0.2) is 0 Å². The number of rotatable bonds is 5. The molecule has 0 aromatic carbocycles. The summed E-state index contributed by atoms with van der Waals surface area (Å²) in [5, 5.41) is 0. The van der Waals surface area contributed by atoms with E-state index >= 15 is 0 Å². The fourth-order valence-electron chi connectivity index (χ4n) is 1.65. The van der Waals surface area contributed by atoms with E-state index in [1.54, 1.807) is 12.1 Å². The summed E-state index contributed by atoms with van der Waals surface area (Å²) >= 11 is 27.4. The summed E-state index contributed by atoms with van der Waals surface area (Å²) in [6, 6.07) is 0. The minimum Gasteiger partial charge on any atom is -0.255 e. The molecular weight excluding hydrogens is 394 g/mol. The third-order valence-corrected chi connectivity index (χ3v) is 18.3. The quantitative estimate of drug-likeness (QED) is 0.313. The van der Waals surface area contributed by atoms with Crippen molar-refractivity contribution in [2.45, 2.75) is 59.0 Å². The van der Waals surface area contributed by atoms with Gasteiger partial charge in [0, 0.05) is 5.54 Å². The molecular formula is C9H24Cl4N2SSi3. The molecule has 0 radical (unpaired) electrons. The van der Waals surface area contributed by atoms with E-state index in [9.17, 15) is 0 Å². The fraction of sp³-hybridized carbons (Fsp3) is 1.00. The van der Waals surface area contributed by atoms with E-state index in [-0.39, 0.29) is 5.54 Å². The van der Waals surface area contributed by atoms with Gasteiger partial charge in [-0.2, -0.15) is 0 Å². The zero-order valence-electron chi connectivity index (χ0n) is 12.8. The highest BCUT2D eigenvalue weighted by Gasteiger charge is 2.47. The van der Waals surface area contributed by atoms with E-state index in [2.05, 4.69) is 48.0 Å². The SMILES string of the molecule is CC(C)(C)N(SN([Si](C)(C)C)[Si](C)(Cl)Cl)[Si](C)(Cl)Cl. The number of hydrogen-bond acceptors (Lipinski definition) is 3. The van der Waals surface area contributed by atoms with Gasteiger partial charge < -0.3 is 0 Å². The molecule has 0 heterocycles. The maximum Gasteiger partial charge on any atom is 0.332 e. The molecule has 0 bridgehead atoms. The molecule has 0 fully saturated rings. The van der Waals surface area contributed by atoms with Crippen molar-refractivity contribution in [2.24, 2.45) is 0 Å². The molecule has 0 saturated heterocycles. The summed E-state index contributed by atoms with van der Waals surface area (Å²) < 4.78 is 4.27. The van der Waals surface area contributed by atoms with E-state index < -0.39 is 21.9 Å². The molecule has 0 atom stereocenters. The zero-order chi connectivity index (χ0) is 15.9. The first-order valence-electron chi connectivity index (χ1n) is 6.02. The monoisotopic (exact) mass is 416 g/mol. The molecule has 116 valence electrons. The molecule has 0 aromatic rings. The summed E-state index contributed by atoms with van der Waals surface area (Å²) in [6.45, 7) is 11.8. The molecule has 19 heavy (non-hydrogen) atoms. The number of halogens is 4. The van der Waals surface area contributed by atoms with Crippen LogP contribution in [0.4, 0.5) is 0 Å². The zero-order valence-corrected chi connectivity index (χ0v) is 19.7.